The maximum atomic E-state index is 12.7. The Labute approximate surface area is 202 Å². The van der Waals surface area contributed by atoms with Crippen molar-refractivity contribution in [3.63, 3.8) is 0 Å². The van der Waals surface area contributed by atoms with Gasteiger partial charge in [-0.1, -0.05) is 30.3 Å². The summed E-state index contributed by atoms with van der Waals surface area (Å²) in [6, 6.07) is 15.9. The largest absolute Gasteiger partial charge is 0.454 e. The van der Waals surface area contributed by atoms with Crippen molar-refractivity contribution in [3.05, 3.63) is 66.4 Å². The lowest BCUT2D eigenvalue weighted by Gasteiger charge is -2.18. The van der Waals surface area contributed by atoms with Gasteiger partial charge in [0.15, 0.2) is 11.5 Å². The molecular weight excluding hydrogens is 472 g/mol. The van der Waals surface area contributed by atoms with Crippen LogP contribution in [0.25, 0.3) is 11.3 Å². The molecular formula is C24H24N4O6S. The number of nitrogens with one attached hydrogen (secondary N) is 2. The monoisotopic (exact) mass is 496 g/mol. The van der Waals surface area contributed by atoms with E-state index in [2.05, 4.69) is 20.0 Å². The maximum absolute atomic E-state index is 12.7. The van der Waals surface area contributed by atoms with E-state index in [0.29, 0.717) is 24.1 Å². The van der Waals surface area contributed by atoms with E-state index in [1.807, 2.05) is 42.5 Å². The minimum absolute atomic E-state index is 0.0934. The number of anilines is 1. The van der Waals surface area contributed by atoms with Gasteiger partial charge in [0.1, 0.15) is 12.2 Å². The predicted octanol–water partition coefficient (Wildman–Crippen LogP) is 1.94. The Balaban J connectivity index is 1.11. The molecule has 0 bridgehead atoms. The summed E-state index contributed by atoms with van der Waals surface area (Å²) in [5, 5.41) is 3.29. The molecule has 35 heavy (non-hydrogen) atoms. The summed E-state index contributed by atoms with van der Waals surface area (Å²) < 4.78 is 50.8. The van der Waals surface area contributed by atoms with Crippen LogP contribution in [0.1, 0.15) is 5.56 Å². The molecule has 0 saturated carbocycles. The number of rotatable bonds is 7. The zero-order valence-electron chi connectivity index (χ0n) is 18.7. The Morgan fingerprint density at radius 1 is 0.914 bits per heavy atom. The van der Waals surface area contributed by atoms with Gasteiger partial charge < -0.3 is 24.3 Å². The number of hydrogen-bond donors (Lipinski definition) is 2. The van der Waals surface area contributed by atoms with Crippen molar-refractivity contribution in [1.82, 2.24) is 14.7 Å². The molecule has 6 rings (SSSR count). The third kappa shape index (κ3) is 4.67. The highest BCUT2D eigenvalue weighted by Gasteiger charge is 2.49. The lowest BCUT2D eigenvalue weighted by molar-refractivity contribution is 0.0690. The zero-order chi connectivity index (χ0) is 23.8. The Bertz CT molecular complexity index is 1320. The summed E-state index contributed by atoms with van der Waals surface area (Å²) in [6.45, 7) is 0.798. The van der Waals surface area contributed by atoms with Gasteiger partial charge in [-0.25, -0.2) is 23.1 Å². The van der Waals surface area contributed by atoms with Gasteiger partial charge in [0.25, 0.3) is 0 Å². The van der Waals surface area contributed by atoms with Gasteiger partial charge in [-0.3, -0.25) is 0 Å². The highest BCUT2D eigenvalue weighted by molar-refractivity contribution is 7.88. The van der Waals surface area contributed by atoms with E-state index in [1.54, 1.807) is 18.3 Å². The SMILES string of the molecule is O=S(=O)(Cc1ccccc1)N[C@H]1CO[C@H]2[C@@H]1OC[C@@H]2Nc1nccc(-c2ccc3c(c2)OCO3)n1. The molecule has 4 atom stereocenters. The van der Waals surface area contributed by atoms with Crippen molar-refractivity contribution < 1.29 is 27.4 Å². The Morgan fingerprint density at radius 3 is 2.54 bits per heavy atom. The fraction of sp³-hybridized carbons (Fsp3) is 0.333. The lowest BCUT2D eigenvalue weighted by Crippen LogP contribution is -2.45. The summed E-state index contributed by atoms with van der Waals surface area (Å²) in [5.41, 5.74) is 2.34. The van der Waals surface area contributed by atoms with Crippen molar-refractivity contribution in [2.45, 2.75) is 30.0 Å². The summed E-state index contributed by atoms with van der Waals surface area (Å²) in [7, 11) is -3.55. The van der Waals surface area contributed by atoms with E-state index in [4.69, 9.17) is 18.9 Å². The molecule has 0 amide bonds. The fourth-order valence-corrected chi connectivity index (χ4v) is 5.98. The van der Waals surface area contributed by atoms with Crippen LogP contribution in [0, 0.1) is 0 Å². The number of nitrogens with zero attached hydrogens (tertiary/aromatic N) is 2. The summed E-state index contributed by atoms with van der Waals surface area (Å²) in [6.07, 6.45) is 0.964. The van der Waals surface area contributed by atoms with Gasteiger partial charge in [-0.05, 0) is 29.8 Å². The first-order valence-corrected chi connectivity index (χ1v) is 13.0. The molecule has 2 aromatic carbocycles. The maximum Gasteiger partial charge on any atom is 0.231 e. The molecule has 2 N–H and O–H groups in total. The van der Waals surface area contributed by atoms with E-state index in [9.17, 15) is 8.42 Å². The number of hydrogen-bond acceptors (Lipinski definition) is 9. The lowest BCUT2D eigenvalue weighted by atomic mass is 10.1. The third-order valence-corrected chi connectivity index (χ3v) is 7.60. The molecule has 0 radical (unpaired) electrons. The van der Waals surface area contributed by atoms with Gasteiger partial charge in [-0.2, -0.15) is 0 Å². The summed E-state index contributed by atoms with van der Waals surface area (Å²) in [4.78, 5) is 8.97. The van der Waals surface area contributed by atoms with Gasteiger partial charge in [-0.15, -0.1) is 0 Å². The number of sulfonamides is 1. The zero-order valence-corrected chi connectivity index (χ0v) is 19.5. The van der Waals surface area contributed by atoms with Crippen molar-refractivity contribution in [1.29, 1.82) is 0 Å². The molecule has 2 saturated heterocycles. The quantitative estimate of drug-likeness (QED) is 0.505. The van der Waals surface area contributed by atoms with Gasteiger partial charge in [0.05, 0.1) is 36.7 Å². The van der Waals surface area contributed by atoms with Crippen LogP contribution in [0.15, 0.2) is 60.8 Å². The Kier molecular flexibility index (Phi) is 5.77. The Morgan fingerprint density at radius 2 is 1.69 bits per heavy atom. The van der Waals surface area contributed by atoms with E-state index < -0.39 is 22.2 Å². The van der Waals surface area contributed by atoms with Crippen LogP contribution in [-0.2, 0) is 25.2 Å². The number of benzene rings is 2. The molecule has 1 aromatic heterocycles. The average molecular weight is 497 g/mol. The minimum atomic E-state index is -3.55. The van der Waals surface area contributed by atoms with Crippen LogP contribution in [-0.4, -0.2) is 62.7 Å². The second-order valence-electron chi connectivity index (χ2n) is 8.65. The topological polar surface area (TPSA) is 121 Å². The Hall–Kier alpha value is -3.25. The van der Waals surface area contributed by atoms with Crippen molar-refractivity contribution in [2.24, 2.45) is 0 Å². The molecule has 3 aliphatic heterocycles. The van der Waals surface area contributed by atoms with Crippen LogP contribution in [0.4, 0.5) is 5.95 Å². The first-order valence-electron chi connectivity index (χ1n) is 11.3. The second-order valence-corrected chi connectivity index (χ2v) is 10.4. The fourth-order valence-electron chi connectivity index (χ4n) is 4.60. The first kappa shape index (κ1) is 22.2. The third-order valence-electron chi connectivity index (χ3n) is 6.22. The van der Waals surface area contributed by atoms with Crippen molar-refractivity contribution in [3.8, 4) is 22.8 Å². The van der Waals surface area contributed by atoms with Crippen LogP contribution in [0.2, 0.25) is 0 Å². The first-order chi connectivity index (χ1) is 17.0. The normalized spacial score (nSPS) is 24.9. The highest BCUT2D eigenvalue weighted by atomic mass is 32.2. The van der Waals surface area contributed by atoms with Crippen molar-refractivity contribution in [2.75, 3.05) is 25.3 Å². The highest BCUT2D eigenvalue weighted by Crippen LogP contribution is 2.35. The molecule has 0 spiro atoms. The molecule has 2 fully saturated rings. The summed E-state index contributed by atoms with van der Waals surface area (Å²) >= 11 is 0. The number of fused-ring (bicyclic) bond motifs is 2. The van der Waals surface area contributed by atoms with Crippen LogP contribution >= 0.6 is 0 Å². The van der Waals surface area contributed by atoms with Crippen LogP contribution in [0.5, 0.6) is 11.5 Å². The van der Waals surface area contributed by atoms with E-state index in [1.165, 1.54) is 0 Å². The second kappa shape index (κ2) is 9.08. The molecule has 182 valence electrons. The average Bonchev–Trinajstić information content (AvgIpc) is 3.58. The van der Waals surface area contributed by atoms with Crippen LogP contribution < -0.4 is 19.5 Å². The minimum Gasteiger partial charge on any atom is -0.454 e. The molecule has 3 aromatic rings. The molecule has 10 nitrogen and oxygen atoms in total. The molecule has 0 aliphatic carbocycles. The van der Waals surface area contributed by atoms with E-state index in [-0.39, 0.29) is 31.3 Å². The number of aromatic nitrogens is 2. The van der Waals surface area contributed by atoms with Crippen LogP contribution in [0.3, 0.4) is 0 Å². The summed E-state index contributed by atoms with van der Waals surface area (Å²) in [5.74, 6) is 1.74. The van der Waals surface area contributed by atoms with Gasteiger partial charge in [0, 0.05) is 11.8 Å². The predicted molar refractivity (Wildman–Crippen MR) is 126 cm³/mol. The number of ether oxygens (including phenoxy) is 4. The molecule has 0 unspecified atom stereocenters. The smallest absolute Gasteiger partial charge is 0.231 e. The van der Waals surface area contributed by atoms with Crippen molar-refractivity contribution >= 4 is 16.0 Å². The standard InChI is InChI=1S/C24H24N4O6S/c29-35(30,13-15-4-2-1-3-5-15)28-19-12-32-22-18(11-31-23(19)22)27-24-25-9-8-17(26-24)16-6-7-20-21(10-16)34-14-33-20/h1-10,18-19,22-23,28H,11-14H2,(H,25,26,27)/t18-,19-,22+,23+/m0/s1. The van der Waals surface area contributed by atoms with Gasteiger partial charge in [0.2, 0.25) is 22.8 Å². The molecule has 4 heterocycles. The van der Waals surface area contributed by atoms with E-state index >= 15 is 0 Å². The van der Waals surface area contributed by atoms with E-state index in [0.717, 1.165) is 16.8 Å². The molecule has 3 aliphatic rings. The molecule has 11 heteroatoms. The van der Waals surface area contributed by atoms with Gasteiger partial charge >= 0.3 is 0 Å².